The molecule has 3 rings (SSSR count). The van der Waals surface area contributed by atoms with Crippen LogP contribution in [0.15, 0.2) is 24.3 Å². The Morgan fingerprint density at radius 2 is 1.88 bits per heavy atom. The highest BCUT2D eigenvalue weighted by molar-refractivity contribution is 7.14. The van der Waals surface area contributed by atoms with Gasteiger partial charge in [-0.3, -0.25) is 4.79 Å². The first-order valence-corrected chi connectivity index (χ1v) is 9.01. The van der Waals surface area contributed by atoms with Gasteiger partial charge in [-0.25, -0.2) is 4.79 Å². The monoisotopic (exact) mass is 343 g/mol. The zero-order chi connectivity index (χ0) is 17.1. The molecule has 1 aliphatic rings. The van der Waals surface area contributed by atoms with E-state index >= 15 is 0 Å². The molecule has 0 saturated heterocycles. The van der Waals surface area contributed by atoms with E-state index in [0.29, 0.717) is 4.88 Å². The molecule has 1 heterocycles. The molecule has 0 bridgehead atoms. The number of thiophene rings is 1. The predicted molar refractivity (Wildman–Crippen MR) is 95.8 cm³/mol. The molecule has 0 atom stereocenters. The van der Waals surface area contributed by atoms with Gasteiger partial charge in [-0.2, -0.15) is 0 Å². The van der Waals surface area contributed by atoms with Crippen LogP contribution in [0.5, 0.6) is 0 Å². The summed E-state index contributed by atoms with van der Waals surface area (Å²) in [4.78, 5) is 26.1. The smallest absolute Gasteiger partial charge is 0.348 e. The van der Waals surface area contributed by atoms with Gasteiger partial charge in [-0.15, -0.1) is 11.3 Å². The molecule has 1 N–H and O–H groups in total. The van der Waals surface area contributed by atoms with Crippen LogP contribution in [-0.2, 0) is 22.4 Å². The second-order valence-corrected chi connectivity index (χ2v) is 7.29. The van der Waals surface area contributed by atoms with Crippen LogP contribution in [0.25, 0.3) is 0 Å². The van der Waals surface area contributed by atoms with E-state index in [1.165, 1.54) is 34.6 Å². The summed E-state index contributed by atoms with van der Waals surface area (Å²) in [5.74, 6) is -0.729. The lowest BCUT2D eigenvalue weighted by atomic mass is 9.99. The number of hydrogen-bond acceptors (Lipinski definition) is 4. The molecule has 0 radical (unpaired) electrons. The lowest BCUT2D eigenvalue weighted by molar-refractivity contribution is -0.119. The number of esters is 1. The molecule has 0 saturated carbocycles. The molecule has 0 aliphatic heterocycles. The average Bonchev–Trinajstić information content (AvgIpc) is 3.00. The van der Waals surface area contributed by atoms with E-state index in [1.807, 2.05) is 38.1 Å². The van der Waals surface area contributed by atoms with E-state index in [1.54, 1.807) is 0 Å². The molecular weight excluding hydrogens is 322 g/mol. The molecule has 1 aromatic heterocycles. The number of carbonyl (C=O) groups excluding carboxylic acids is 2. The fraction of sp³-hybridized carbons (Fsp3) is 0.368. The van der Waals surface area contributed by atoms with Crippen molar-refractivity contribution in [3.8, 4) is 0 Å². The molecule has 1 amide bonds. The topological polar surface area (TPSA) is 55.4 Å². The number of anilines is 1. The SMILES string of the molecule is Cc1cccc(C)c1NC(=O)COC(=O)c1cc2c(s1)CCCC2. The van der Waals surface area contributed by atoms with Crippen molar-refractivity contribution in [1.29, 1.82) is 0 Å². The zero-order valence-electron chi connectivity index (χ0n) is 14.0. The second kappa shape index (κ2) is 7.18. The van der Waals surface area contributed by atoms with Crippen molar-refractivity contribution in [1.82, 2.24) is 0 Å². The van der Waals surface area contributed by atoms with E-state index in [-0.39, 0.29) is 12.5 Å². The van der Waals surface area contributed by atoms with Crippen LogP contribution < -0.4 is 5.32 Å². The number of para-hydroxylation sites is 1. The van der Waals surface area contributed by atoms with Crippen LogP contribution in [0, 0.1) is 13.8 Å². The third-order valence-electron chi connectivity index (χ3n) is 4.28. The van der Waals surface area contributed by atoms with Crippen molar-refractivity contribution in [2.45, 2.75) is 39.5 Å². The van der Waals surface area contributed by atoms with Crippen molar-refractivity contribution in [2.75, 3.05) is 11.9 Å². The summed E-state index contributed by atoms with van der Waals surface area (Å²) in [6, 6.07) is 7.74. The molecule has 126 valence electrons. The first kappa shape index (κ1) is 16.7. The van der Waals surface area contributed by atoms with Gasteiger partial charge in [0.05, 0.1) is 0 Å². The van der Waals surface area contributed by atoms with Gasteiger partial charge in [0.1, 0.15) is 4.88 Å². The average molecular weight is 343 g/mol. The molecule has 5 heteroatoms. The quantitative estimate of drug-likeness (QED) is 0.853. The Morgan fingerprint density at radius 1 is 1.17 bits per heavy atom. The molecule has 1 aliphatic carbocycles. The largest absolute Gasteiger partial charge is 0.451 e. The fourth-order valence-corrected chi connectivity index (χ4v) is 4.13. The number of hydrogen-bond donors (Lipinski definition) is 1. The van der Waals surface area contributed by atoms with Gasteiger partial charge in [0.15, 0.2) is 6.61 Å². The number of benzene rings is 1. The van der Waals surface area contributed by atoms with Gasteiger partial charge in [-0.1, -0.05) is 18.2 Å². The van der Waals surface area contributed by atoms with E-state index in [9.17, 15) is 9.59 Å². The second-order valence-electron chi connectivity index (χ2n) is 6.16. The van der Waals surface area contributed by atoms with Gasteiger partial charge in [-0.05, 0) is 62.3 Å². The zero-order valence-corrected chi connectivity index (χ0v) is 14.8. The maximum absolute atomic E-state index is 12.2. The number of rotatable bonds is 4. The van der Waals surface area contributed by atoms with Crippen LogP contribution in [0.2, 0.25) is 0 Å². The predicted octanol–water partition coefficient (Wildman–Crippen LogP) is 4.04. The molecular formula is C19H21NO3S. The van der Waals surface area contributed by atoms with Crippen LogP contribution in [0.4, 0.5) is 5.69 Å². The fourth-order valence-electron chi connectivity index (χ4n) is 2.98. The lowest BCUT2D eigenvalue weighted by Gasteiger charge is -2.11. The van der Waals surface area contributed by atoms with Crippen molar-refractivity contribution in [2.24, 2.45) is 0 Å². The normalized spacial score (nSPS) is 13.2. The van der Waals surface area contributed by atoms with Gasteiger partial charge in [0, 0.05) is 10.6 Å². The maximum Gasteiger partial charge on any atom is 0.348 e. The Kier molecular flexibility index (Phi) is 5.00. The number of ether oxygens (including phenoxy) is 1. The number of carbonyl (C=O) groups is 2. The summed E-state index contributed by atoms with van der Waals surface area (Å²) in [6.07, 6.45) is 4.43. The molecule has 0 unspecified atom stereocenters. The van der Waals surface area contributed by atoms with Crippen molar-refractivity contribution >= 4 is 28.9 Å². The molecule has 0 spiro atoms. The van der Waals surface area contributed by atoms with Gasteiger partial charge in [0.25, 0.3) is 5.91 Å². The highest BCUT2D eigenvalue weighted by atomic mass is 32.1. The van der Waals surface area contributed by atoms with E-state index in [4.69, 9.17) is 4.74 Å². The van der Waals surface area contributed by atoms with Crippen LogP contribution in [0.1, 0.15) is 44.1 Å². The summed E-state index contributed by atoms with van der Waals surface area (Å²) >= 11 is 1.50. The highest BCUT2D eigenvalue weighted by Gasteiger charge is 2.19. The highest BCUT2D eigenvalue weighted by Crippen LogP contribution is 2.30. The minimum absolute atomic E-state index is 0.269. The number of fused-ring (bicyclic) bond motifs is 1. The molecule has 1 aromatic carbocycles. The molecule has 24 heavy (non-hydrogen) atoms. The van der Waals surface area contributed by atoms with E-state index in [0.717, 1.165) is 29.7 Å². The Bertz CT molecular complexity index is 735. The summed E-state index contributed by atoms with van der Waals surface area (Å²) in [7, 11) is 0. The van der Waals surface area contributed by atoms with Crippen molar-refractivity contribution in [3.63, 3.8) is 0 Å². The Morgan fingerprint density at radius 3 is 2.58 bits per heavy atom. The minimum atomic E-state index is -0.411. The number of nitrogens with one attached hydrogen (secondary N) is 1. The number of aryl methyl sites for hydroxylation is 4. The maximum atomic E-state index is 12.2. The van der Waals surface area contributed by atoms with Gasteiger partial charge >= 0.3 is 5.97 Å². The Hall–Kier alpha value is -2.14. The number of amides is 1. The molecule has 0 fully saturated rings. The Labute approximate surface area is 145 Å². The van der Waals surface area contributed by atoms with Gasteiger partial charge < -0.3 is 10.1 Å². The molecule has 2 aromatic rings. The van der Waals surface area contributed by atoms with Crippen LogP contribution in [-0.4, -0.2) is 18.5 Å². The minimum Gasteiger partial charge on any atom is -0.451 e. The lowest BCUT2D eigenvalue weighted by Crippen LogP contribution is -2.21. The van der Waals surface area contributed by atoms with Crippen LogP contribution in [0.3, 0.4) is 0 Å². The van der Waals surface area contributed by atoms with Crippen molar-refractivity contribution in [3.05, 3.63) is 50.7 Å². The molecule has 4 nitrogen and oxygen atoms in total. The third kappa shape index (κ3) is 3.67. The van der Waals surface area contributed by atoms with Crippen molar-refractivity contribution < 1.29 is 14.3 Å². The first-order chi connectivity index (χ1) is 11.5. The van der Waals surface area contributed by atoms with E-state index in [2.05, 4.69) is 5.32 Å². The first-order valence-electron chi connectivity index (χ1n) is 8.19. The Balaban J connectivity index is 1.58. The summed E-state index contributed by atoms with van der Waals surface area (Å²) in [6.45, 7) is 3.60. The third-order valence-corrected chi connectivity index (χ3v) is 5.49. The van der Waals surface area contributed by atoms with Crippen LogP contribution >= 0.6 is 11.3 Å². The summed E-state index contributed by atoms with van der Waals surface area (Å²) in [5, 5.41) is 2.82. The van der Waals surface area contributed by atoms with E-state index < -0.39 is 5.97 Å². The van der Waals surface area contributed by atoms with Gasteiger partial charge in [0.2, 0.25) is 0 Å². The summed E-state index contributed by atoms with van der Waals surface area (Å²) in [5.41, 5.74) is 4.02. The summed E-state index contributed by atoms with van der Waals surface area (Å²) < 4.78 is 5.18. The standard InChI is InChI=1S/C19H21NO3S/c1-12-6-5-7-13(2)18(12)20-17(21)11-23-19(22)16-10-14-8-3-4-9-15(14)24-16/h5-7,10H,3-4,8-9,11H2,1-2H3,(H,20,21).